The van der Waals surface area contributed by atoms with Gasteiger partial charge in [-0.15, -0.1) is 0 Å². The molecule has 1 saturated heterocycles. The molecule has 92 valence electrons. The highest BCUT2D eigenvalue weighted by molar-refractivity contribution is 14.1. The molecule has 0 bridgehead atoms. The van der Waals surface area contributed by atoms with Gasteiger partial charge < -0.3 is 15.0 Å². The van der Waals surface area contributed by atoms with Crippen molar-refractivity contribution in [1.29, 1.82) is 0 Å². The van der Waals surface area contributed by atoms with Gasteiger partial charge in [-0.25, -0.2) is 0 Å². The number of carbonyl (C=O) groups is 2. The number of carbonyl (C=O) groups excluding carboxylic acids is 1. The fraction of sp³-hybridized carbons (Fsp3) is 0.455. The van der Waals surface area contributed by atoms with Gasteiger partial charge >= 0.3 is 5.97 Å². The molecule has 1 atom stereocenters. The zero-order valence-corrected chi connectivity index (χ0v) is 11.5. The summed E-state index contributed by atoms with van der Waals surface area (Å²) in [5.41, 5.74) is -0.292. The van der Waals surface area contributed by atoms with Crippen LogP contribution in [0.5, 0.6) is 0 Å². The van der Waals surface area contributed by atoms with Crippen LogP contribution in [-0.2, 0) is 4.79 Å². The molecule has 1 aromatic rings. The SMILES string of the molecule is CC1(C(=O)O)CCN(C(=O)c2cc(I)c[nH]2)C1. The van der Waals surface area contributed by atoms with E-state index in [1.807, 2.05) is 0 Å². The van der Waals surface area contributed by atoms with E-state index in [0.29, 0.717) is 18.7 Å². The normalized spacial score (nSPS) is 24.0. The molecule has 1 aromatic heterocycles. The maximum atomic E-state index is 12.1. The predicted octanol–water partition coefficient (Wildman–Crippen LogP) is 1.56. The first kappa shape index (κ1) is 12.4. The number of aromatic nitrogens is 1. The highest BCUT2D eigenvalue weighted by Gasteiger charge is 2.42. The summed E-state index contributed by atoms with van der Waals surface area (Å²) < 4.78 is 0.964. The maximum absolute atomic E-state index is 12.1. The first-order valence-electron chi connectivity index (χ1n) is 5.29. The monoisotopic (exact) mass is 348 g/mol. The number of nitrogens with one attached hydrogen (secondary N) is 1. The van der Waals surface area contributed by atoms with E-state index < -0.39 is 11.4 Å². The number of rotatable bonds is 2. The second-order valence-corrected chi connectivity index (χ2v) is 5.82. The summed E-state index contributed by atoms with van der Waals surface area (Å²) in [6, 6.07) is 1.76. The number of nitrogens with zero attached hydrogens (tertiary/aromatic N) is 1. The van der Waals surface area contributed by atoms with Gasteiger partial charge in [0.15, 0.2) is 0 Å². The van der Waals surface area contributed by atoms with Crippen LogP contribution >= 0.6 is 22.6 Å². The minimum Gasteiger partial charge on any atom is -0.481 e. The second-order valence-electron chi connectivity index (χ2n) is 4.57. The van der Waals surface area contributed by atoms with Gasteiger partial charge in [-0.05, 0) is 42.0 Å². The third-order valence-corrected chi connectivity index (χ3v) is 3.78. The lowest BCUT2D eigenvalue weighted by atomic mass is 9.90. The molecule has 1 fully saturated rings. The van der Waals surface area contributed by atoms with Crippen LogP contribution in [-0.4, -0.2) is 40.0 Å². The smallest absolute Gasteiger partial charge is 0.311 e. The van der Waals surface area contributed by atoms with Crippen molar-refractivity contribution in [3.8, 4) is 0 Å². The van der Waals surface area contributed by atoms with Gasteiger partial charge in [0, 0.05) is 22.9 Å². The van der Waals surface area contributed by atoms with Crippen LogP contribution in [0.3, 0.4) is 0 Å². The van der Waals surface area contributed by atoms with Gasteiger partial charge in [0.05, 0.1) is 5.41 Å². The third kappa shape index (κ3) is 2.31. The Morgan fingerprint density at radius 2 is 2.29 bits per heavy atom. The number of amides is 1. The van der Waals surface area contributed by atoms with Crippen molar-refractivity contribution in [2.45, 2.75) is 13.3 Å². The van der Waals surface area contributed by atoms with Crippen LogP contribution < -0.4 is 0 Å². The average molecular weight is 348 g/mol. The molecule has 0 aromatic carbocycles. The third-order valence-electron chi connectivity index (χ3n) is 3.16. The van der Waals surface area contributed by atoms with E-state index in [1.54, 1.807) is 24.1 Å². The molecule has 1 aliphatic heterocycles. The number of likely N-dealkylation sites (tertiary alicyclic amines) is 1. The van der Waals surface area contributed by atoms with Gasteiger partial charge in [-0.1, -0.05) is 0 Å². The Morgan fingerprint density at radius 3 is 2.76 bits per heavy atom. The Morgan fingerprint density at radius 1 is 1.59 bits per heavy atom. The van der Waals surface area contributed by atoms with Crippen LogP contribution in [0.25, 0.3) is 0 Å². The molecule has 2 N–H and O–H groups in total. The molecule has 0 aliphatic carbocycles. The molecular weight excluding hydrogens is 335 g/mol. The Balaban J connectivity index is 2.11. The molecule has 2 heterocycles. The first-order chi connectivity index (χ1) is 7.92. The number of carboxylic acid groups (broad SMARTS) is 1. The van der Waals surface area contributed by atoms with E-state index in [-0.39, 0.29) is 12.5 Å². The van der Waals surface area contributed by atoms with Crippen molar-refractivity contribution >= 4 is 34.5 Å². The molecular formula is C11H13IN2O3. The summed E-state index contributed by atoms with van der Waals surface area (Å²) in [7, 11) is 0. The number of carboxylic acids is 1. The summed E-state index contributed by atoms with van der Waals surface area (Å²) in [4.78, 5) is 27.6. The zero-order valence-electron chi connectivity index (χ0n) is 9.36. The van der Waals surface area contributed by atoms with E-state index in [9.17, 15) is 9.59 Å². The molecule has 6 heteroatoms. The highest BCUT2D eigenvalue weighted by atomic mass is 127. The van der Waals surface area contributed by atoms with Gasteiger partial charge in [0.2, 0.25) is 0 Å². The number of aliphatic carboxylic acids is 1. The van der Waals surface area contributed by atoms with Crippen molar-refractivity contribution in [3.63, 3.8) is 0 Å². The van der Waals surface area contributed by atoms with E-state index >= 15 is 0 Å². The molecule has 1 amide bonds. The summed E-state index contributed by atoms with van der Waals surface area (Å²) in [6.07, 6.45) is 2.26. The molecule has 17 heavy (non-hydrogen) atoms. The predicted molar refractivity (Wildman–Crippen MR) is 69.8 cm³/mol. The van der Waals surface area contributed by atoms with Crippen LogP contribution in [0.4, 0.5) is 0 Å². The van der Waals surface area contributed by atoms with Crippen molar-refractivity contribution < 1.29 is 14.7 Å². The van der Waals surface area contributed by atoms with Gasteiger partial charge in [-0.2, -0.15) is 0 Å². The van der Waals surface area contributed by atoms with Gasteiger partial charge in [0.1, 0.15) is 5.69 Å². The largest absolute Gasteiger partial charge is 0.481 e. The molecule has 1 aliphatic rings. The molecule has 0 saturated carbocycles. The van der Waals surface area contributed by atoms with Crippen LogP contribution in [0.15, 0.2) is 12.3 Å². The van der Waals surface area contributed by atoms with Crippen LogP contribution in [0.1, 0.15) is 23.8 Å². The van der Waals surface area contributed by atoms with Gasteiger partial charge in [-0.3, -0.25) is 9.59 Å². The first-order valence-corrected chi connectivity index (χ1v) is 6.37. The number of hydrogen-bond acceptors (Lipinski definition) is 2. The van der Waals surface area contributed by atoms with Crippen molar-refractivity contribution in [2.24, 2.45) is 5.41 Å². The van der Waals surface area contributed by atoms with E-state index in [4.69, 9.17) is 5.11 Å². The van der Waals surface area contributed by atoms with Crippen molar-refractivity contribution in [3.05, 3.63) is 21.5 Å². The van der Waals surface area contributed by atoms with E-state index in [2.05, 4.69) is 27.6 Å². The highest BCUT2D eigenvalue weighted by Crippen LogP contribution is 2.30. The number of H-pyrrole nitrogens is 1. The Kier molecular flexibility index (Phi) is 3.15. The summed E-state index contributed by atoms with van der Waals surface area (Å²) in [6.45, 7) is 2.45. The van der Waals surface area contributed by atoms with Crippen molar-refractivity contribution in [1.82, 2.24) is 9.88 Å². The number of aromatic amines is 1. The van der Waals surface area contributed by atoms with Gasteiger partial charge in [0.25, 0.3) is 5.91 Å². The standard InChI is InChI=1S/C11H13IN2O3/c1-11(10(16)17)2-3-14(6-11)9(15)8-4-7(12)5-13-8/h4-5,13H,2-3,6H2,1H3,(H,16,17). The summed E-state index contributed by atoms with van der Waals surface area (Å²) in [5.74, 6) is -0.966. The molecule has 0 radical (unpaired) electrons. The summed E-state index contributed by atoms with van der Waals surface area (Å²) in [5, 5.41) is 9.10. The lowest BCUT2D eigenvalue weighted by Crippen LogP contribution is -2.35. The Labute approximate surface area is 112 Å². The average Bonchev–Trinajstić information content (AvgIpc) is 2.85. The van der Waals surface area contributed by atoms with E-state index in [0.717, 1.165) is 3.57 Å². The molecule has 5 nitrogen and oxygen atoms in total. The topological polar surface area (TPSA) is 73.4 Å². The minimum atomic E-state index is -0.839. The lowest BCUT2D eigenvalue weighted by molar-refractivity contribution is -0.147. The Hall–Kier alpha value is -1.05. The van der Waals surface area contributed by atoms with E-state index in [1.165, 1.54) is 0 Å². The lowest BCUT2D eigenvalue weighted by Gasteiger charge is -2.19. The number of halogens is 1. The maximum Gasteiger partial charge on any atom is 0.311 e. The molecule has 1 unspecified atom stereocenters. The quantitative estimate of drug-likeness (QED) is 0.797. The Bertz CT molecular complexity index is 471. The second kappa shape index (κ2) is 4.32. The minimum absolute atomic E-state index is 0.127. The molecule has 0 spiro atoms. The fourth-order valence-electron chi connectivity index (χ4n) is 1.97. The van der Waals surface area contributed by atoms with Crippen LogP contribution in [0, 0.1) is 8.99 Å². The molecule has 2 rings (SSSR count). The number of hydrogen-bond donors (Lipinski definition) is 2. The fourth-order valence-corrected chi connectivity index (χ4v) is 2.44. The summed E-state index contributed by atoms with van der Waals surface area (Å²) >= 11 is 2.12. The zero-order chi connectivity index (χ0) is 12.6. The van der Waals surface area contributed by atoms with Crippen molar-refractivity contribution in [2.75, 3.05) is 13.1 Å². The van der Waals surface area contributed by atoms with Crippen LogP contribution in [0.2, 0.25) is 0 Å².